The third-order valence-corrected chi connectivity index (χ3v) is 3.54. The van der Waals surface area contributed by atoms with Crippen LogP contribution in [0.25, 0.3) is 10.9 Å². The number of benzene rings is 1. The first-order valence-electron chi connectivity index (χ1n) is 6.14. The summed E-state index contributed by atoms with van der Waals surface area (Å²) < 4.78 is 0. The van der Waals surface area contributed by atoms with E-state index in [0.29, 0.717) is 6.04 Å². The Hall–Kier alpha value is -2.21. The molecule has 0 unspecified atom stereocenters. The maximum Gasteiger partial charge on any atom is 0.270 e. The molecule has 1 aromatic carbocycles. The first-order chi connectivity index (χ1) is 9.15. The molecule has 0 aliphatic carbocycles. The molecular formula is C13H14N4O2. The molecule has 1 N–H and O–H groups in total. The van der Waals surface area contributed by atoms with Crippen LogP contribution in [-0.2, 0) is 0 Å². The summed E-state index contributed by atoms with van der Waals surface area (Å²) in [4.78, 5) is 17.0. The van der Waals surface area contributed by atoms with Gasteiger partial charge in [0.25, 0.3) is 5.69 Å². The Morgan fingerprint density at radius 2 is 2.16 bits per heavy atom. The molecule has 3 rings (SSSR count). The van der Waals surface area contributed by atoms with Crippen LogP contribution >= 0.6 is 0 Å². The minimum absolute atomic E-state index is 0.0959. The normalized spacial score (nSPS) is 15.2. The van der Waals surface area contributed by atoms with Crippen molar-refractivity contribution in [2.45, 2.75) is 6.04 Å². The van der Waals surface area contributed by atoms with Crippen LogP contribution in [0.1, 0.15) is 0 Å². The first-order valence-corrected chi connectivity index (χ1v) is 6.14. The number of likely N-dealkylation sites (N-methyl/N-ethyl adjacent to an activating group) is 1. The molecular weight excluding hydrogens is 244 g/mol. The SMILES string of the molecule is CN(c1ccc2cc([N+](=O)[O-])ccc2n1)C1CNC1. The average molecular weight is 258 g/mol. The van der Waals surface area contributed by atoms with Gasteiger partial charge in [-0.2, -0.15) is 0 Å². The van der Waals surface area contributed by atoms with Crippen LogP contribution in [-0.4, -0.2) is 36.1 Å². The van der Waals surface area contributed by atoms with Gasteiger partial charge in [0.05, 0.1) is 16.5 Å². The van der Waals surface area contributed by atoms with E-state index in [1.165, 1.54) is 6.07 Å². The molecule has 0 radical (unpaired) electrons. The van der Waals surface area contributed by atoms with Gasteiger partial charge in [0.15, 0.2) is 0 Å². The number of nitro benzene ring substituents is 1. The molecule has 0 spiro atoms. The summed E-state index contributed by atoms with van der Waals surface area (Å²) in [5.74, 6) is 0.896. The number of non-ortho nitro benzene ring substituents is 1. The Morgan fingerprint density at radius 1 is 1.37 bits per heavy atom. The van der Waals surface area contributed by atoms with Crippen molar-refractivity contribution in [3.63, 3.8) is 0 Å². The zero-order valence-corrected chi connectivity index (χ0v) is 10.5. The number of hydrogen-bond donors (Lipinski definition) is 1. The second-order valence-electron chi connectivity index (χ2n) is 4.73. The van der Waals surface area contributed by atoms with E-state index in [1.54, 1.807) is 12.1 Å². The highest BCUT2D eigenvalue weighted by atomic mass is 16.6. The summed E-state index contributed by atoms with van der Waals surface area (Å²) in [5.41, 5.74) is 0.876. The van der Waals surface area contributed by atoms with Gasteiger partial charge in [-0.1, -0.05) is 0 Å². The van der Waals surface area contributed by atoms with Gasteiger partial charge in [-0.3, -0.25) is 10.1 Å². The van der Waals surface area contributed by atoms with Gasteiger partial charge in [0, 0.05) is 37.7 Å². The molecule has 1 fully saturated rings. The molecule has 1 aliphatic heterocycles. The van der Waals surface area contributed by atoms with E-state index >= 15 is 0 Å². The van der Waals surface area contributed by atoms with E-state index in [2.05, 4.69) is 15.2 Å². The fraction of sp³-hybridized carbons (Fsp3) is 0.308. The van der Waals surface area contributed by atoms with Crippen molar-refractivity contribution in [3.8, 4) is 0 Å². The van der Waals surface area contributed by atoms with Gasteiger partial charge in [-0.05, 0) is 18.2 Å². The third kappa shape index (κ3) is 2.10. The zero-order chi connectivity index (χ0) is 13.4. The van der Waals surface area contributed by atoms with Crippen LogP contribution in [0.2, 0.25) is 0 Å². The average Bonchev–Trinajstić information content (AvgIpc) is 2.35. The van der Waals surface area contributed by atoms with Crippen molar-refractivity contribution in [1.29, 1.82) is 0 Å². The molecule has 0 amide bonds. The lowest BCUT2D eigenvalue weighted by molar-refractivity contribution is -0.384. The highest BCUT2D eigenvalue weighted by Gasteiger charge is 2.22. The molecule has 98 valence electrons. The number of nitrogens with one attached hydrogen (secondary N) is 1. The summed E-state index contributed by atoms with van der Waals surface area (Å²) in [6, 6.07) is 9.01. The van der Waals surface area contributed by atoms with Gasteiger partial charge in [-0.25, -0.2) is 4.98 Å². The van der Waals surface area contributed by atoms with Crippen molar-refractivity contribution in [2.24, 2.45) is 0 Å². The summed E-state index contributed by atoms with van der Waals surface area (Å²) in [6.45, 7) is 1.94. The summed E-state index contributed by atoms with van der Waals surface area (Å²) in [5, 5.41) is 14.7. The molecule has 2 heterocycles. The van der Waals surface area contributed by atoms with Gasteiger partial charge < -0.3 is 10.2 Å². The van der Waals surface area contributed by atoms with Crippen LogP contribution in [0, 0.1) is 10.1 Å². The minimum Gasteiger partial charge on any atom is -0.354 e. The minimum atomic E-state index is -0.389. The van der Waals surface area contributed by atoms with Gasteiger partial charge >= 0.3 is 0 Å². The molecule has 0 bridgehead atoms. The second kappa shape index (κ2) is 4.47. The number of pyridine rings is 1. The number of anilines is 1. The third-order valence-electron chi connectivity index (χ3n) is 3.54. The van der Waals surface area contributed by atoms with E-state index in [-0.39, 0.29) is 10.6 Å². The Labute approximate surface area is 110 Å². The lowest BCUT2D eigenvalue weighted by Crippen LogP contribution is -2.56. The quantitative estimate of drug-likeness (QED) is 0.668. The van der Waals surface area contributed by atoms with E-state index in [9.17, 15) is 10.1 Å². The van der Waals surface area contributed by atoms with E-state index in [4.69, 9.17) is 0 Å². The largest absolute Gasteiger partial charge is 0.354 e. The predicted molar refractivity (Wildman–Crippen MR) is 73.5 cm³/mol. The number of rotatable bonds is 3. The van der Waals surface area contributed by atoms with E-state index in [1.807, 2.05) is 19.2 Å². The number of nitro groups is 1. The van der Waals surface area contributed by atoms with Crippen molar-refractivity contribution < 1.29 is 4.92 Å². The highest BCUT2D eigenvalue weighted by molar-refractivity contribution is 5.82. The Bertz CT molecular complexity index is 640. The standard InChI is InChI=1S/C13H14N4O2/c1-16(11-7-14-8-11)13-5-2-9-6-10(17(18)19)3-4-12(9)15-13/h2-6,11,14H,7-8H2,1H3. The summed E-state index contributed by atoms with van der Waals surface area (Å²) in [7, 11) is 2.02. The Balaban J connectivity index is 1.96. The Morgan fingerprint density at radius 3 is 2.79 bits per heavy atom. The van der Waals surface area contributed by atoms with Crippen molar-refractivity contribution in [2.75, 3.05) is 25.0 Å². The molecule has 1 saturated heterocycles. The van der Waals surface area contributed by atoms with Crippen LogP contribution in [0.4, 0.5) is 11.5 Å². The topological polar surface area (TPSA) is 71.3 Å². The van der Waals surface area contributed by atoms with Gasteiger partial charge in [-0.15, -0.1) is 0 Å². The molecule has 6 heteroatoms. The Kier molecular flexibility index (Phi) is 2.79. The number of aromatic nitrogens is 1. The van der Waals surface area contributed by atoms with Crippen LogP contribution in [0.15, 0.2) is 30.3 Å². The molecule has 0 saturated carbocycles. The second-order valence-corrected chi connectivity index (χ2v) is 4.73. The molecule has 6 nitrogen and oxygen atoms in total. The maximum atomic E-state index is 10.7. The van der Waals surface area contributed by atoms with Crippen LogP contribution < -0.4 is 10.2 Å². The zero-order valence-electron chi connectivity index (χ0n) is 10.5. The molecule has 1 aliphatic rings. The fourth-order valence-electron chi connectivity index (χ4n) is 2.15. The summed E-state index contributed by atoms with van der Waals surface area (Å²) >= 11 is 0. The van der Waals surface area contributed by atoms with Crippen molar-refractivity contribution in [3.05, 3.63) is 40.4 Å². The molecule has 2 aromatic rings. The number of hydrogen-bond acceptors (Lipinski definition) is 5. The van der Waals surface area contributed by atoms with E-state index in [0.717, 1.165) is 29.8 Å². The van der Waals surface area contributed by atoms with Crippen LogP contribution in [0.3, 0.4) is 0 Å². The number of fused-ring (bicyclic) bond motifs is 1. The monoisotopic (exact) mass is 258 g/mol. The van der Waals surface area contributed by atoms with E-state index < -0.39 is 0 Å². The van der Waals surface area contributed by atoms with Crippen LogP contribution in [0.5, 0.6) is 0 Å². The lowest BCUT2D eigenvalue weighted by atomic mass is 10.1. The first kappa shape index (κ1) is 11.9. The predicted octanol–water partition coefficient (Wildman–Crippen LogP) is 1.55. The molecule has 1 aromatic heterocycles. The summed E-state index contributed by atoms with van der Waals surface area (Å²) in [6.07, 6.45) is 0. The highest BCUT2D eigenvalue weighted by Crippen LogP contribution is 2.23. The van der Waals surface area contributed by atoms with Crippen molar-refractivity contribution in [1.82, 2.24) is 10.3 Å². The van der Waals surface area contributed by atoms with Gasteiger partial charge in [0.1, 0.15) is 5.82 Å². The molecule has 19 heavy (non-hydrogen) atoms. The lowest BCUT2D eigenvalue weighted by Gasteiger charge is -2.36. The fourth-order valence-corrected chi connectivity index (χ4v) is 2.15. The smallest absolute Gasteiger partial charge is 0.270 e. The maximum absolute atomic E-state index is 10.7. The molecule has 0 atom stereocenters. The number of nitrogens with zero attached hydrogens (tertiary/aromatic N) is 3. The van der Waals surface area contributed by atoms with Gasteiger partial charge in [0.2, 0.25) is 0 Å². The van der Waals surface area contributed by atoms with Crippen molar-refractivity contribution >= 4 is 22.4 Å².